The molecule has 0 heterocycles. The second kappa shape index (κ2) is 4.28. The van der Waals surface area contributed by atoms with E-state index in [4.69, 9.17) is 22.1 Å². The number of hydrogen-bond donors (Lipinski definition) is 2. The molecule has 78 valence electrons. The smallest absolute Gasteiger partial charge is 0.377 e. The Morgan fingerprint density at radius 2 is 2.14 bits per heavy atom. The summed E-state index contributed by atoms with van der Waals surface area (Å²) < 4.78 is 9.73. The zero-order valence-corrected chi connectivity index (χ0v) is 9.64. The van der Waals surface area contributed by atoms with Crippen molar-refractivity contribution in [1.29, 1.82) is 0 Å². The molecule has 4 nitrogen and oxygen atoms in total. The predicted octanol–water partition coefficient (Wildman–Crippen LogP) is 1.82. The van der Waals surface area contributed by atoms with Gasteiger partial charge in [-0.15, -0.1) is 0 Å². The minimum absolute atomic E-state index is 0.462. The lowest BCUT2D eigenvalue weighted by Crippen LogP contribution is -1.95. The van der Waals surface area contributed by atoms with Crippen LogP contribution >= 0.6 is 6.72 Å². The molecule has 1 unspecified atom stereocenters. The summed E-state index contributed by atoms with van der Waals surface area (Å²) in [5, 5.41) is 0. The summed E-state index contributed by atoms with van der Waals surface area (Å²) in [6, 6.07) is 5.03. The third kappa shape index (κ3) is 2.96. The molecular formula is C8H12NO3PS. The summed E-state index contributed by atoms with van der Waals surface area (Å²) in [5.74, 6) is 0.462. The molecule has 0 aliphatic carbocycles. The van der Waals surface area contributed by atoms with Gasteiger partial charge in [-0.1, -0.05) is 0 Å². The summed E-state index contributed by atoms with van der Waals surface area (Å²) in [6.45, 7) is -1.29. The van der Waals surface area contributed by atoms with Crippen molar-refractivity contribution < 1.29 is 13.9 Å². The van der Waals surface area contributed by atoms with Gasteiger partial charge < -0.3 is 19.7 Å². The number of aryl methyl sites for hydroxylation is 1. The summed E-state index contributed by atoms with van der Waals surface area (Å²) in [4.78, 5) is 9.39. The molecule has 3 N–H and O–H groups in total. The predicted molar refractivity (Wildman–Crippen MR) is 59.7 cm³/mol. The third-order valence-corrected chi connectivity index (χ3v) is 3.27. The van der Waals surface area contributed by atoms with E-state index in [9.17, 15) is 4.89 Å². The zero-order chi connectivity index (χ0) is 10.8. The number of nitrogen functional groups attached to an aromatic ring is 1. The van der Waals surface area contributed by atoms with Crippen LogP contribution in [0.2, 0.25) is 0 Å². The van der Waals surface area contributed by atoms with Crippen LogP contribution < -0.4 is 10.3 Å². The van der Waals surface area contributed by atoms with E-state index in [1.807, 2.05) is 6.92 Å². The molecule has 0 bridgehead atoms. The zero-order valence-electron chi connectivity index (χ0n) is 7.93. The summed E-state index contributed by atoms with van der Waals surface area (Å²) in [6.07, 6.45) is 0. The second-order valence-electron chi connectivity index (χ2n) is 2.76. The van der Waals surface area contributed by atoms with Gasteiger partial charge in [0, 0.05) is 24.6 Å². The second-order valence-corrected chi connectivity index (χ2v) is 5.63. The average molecular weight is 233 g/mol. The quantitative estimate of drug-likeness (QED) is 0.615. The van der Waals surface area contributed by atoms with Crippen molar-refractivity contribution in [3.8, 4) is 5.75 Å². The molecule has 0 spiro atoms. The van der Waals surface area contributed by atoms with E-state index < -0.39 is 6.72 Å². The molecule has 6 heteroatoms. The van der Waals surface area contributed by atoms with Crippen molar-refractivity contribution in [2.75, 3.05) is 12.8 Å². The van der Waals surface area contributed by atoms with Crippen molar-refractivity contribution in [3.63, 3.8) is 0 Å². The summed E-state index contributed by atoms with van der Waals surface area (Å²) in [5.41, 5.74) is 7.16. The number of nitrogens with two attached hydrogens (primary N) is 1. The van der Waals surface area contributed by atoms with Crippen molar-refractivity contribution in [3.05, 3.63) is 23.8 Å². The van der Waals surface area contributed by atoms with E-state index >= 15 is 0 Å². The van der Waals surface area contributed by atoms with Crippen LogP contribution in [0.25, 0.3) is 0 Å². The molecule has 0 saturated carbocycles. The Kier molecular flexibility index (Phi) is 3.50. The van der Waals surface area contributed by atoms with Crippen LogP contribution in [-0.4, -0.2) is 12.0 Å². The molecular weight excluding hydrogens is 221 g/mol. The van der Waals surface area contributed by atoms with Gasteiger partial charge in [-0.25, -0.2) is 0 Å². The van der Waals surface area contributed by atoms with E-state index in [1.54, 1.807) is 18.2 Å². The van der Waals surface area contributed by atoms with E-state index in [1.165, 1.54) is 7.11 Å². The molecule has 1 rings (SSSR count). The first-order valence-electron chi connectivity index (χ1n) is 3.89. The number of benzene rings is 1. The van der Waals surface area contributed by atoms with Gasteiger partial charge in [-0.3, -0.25) is 0 Å². The van der Waals surface area contributed by atoms with Gasteiger partial charge in [0.1, 0.15) is 5.75 Å². The standard InChI is InChI=1S/C8H12NO3PS/c1-6-5-7(3-4-8(6)9)12-13(10,14)11-2/h3-5H,9H2,1-2H3,(H,10,14). The van der Waals surface area contributed by atoms with E-state index in [2.05, 4.69) is 4.52 Å². The van der Waals surface area contributed by atoms with E-state index in [-0.39, 0.29) is 0 Å². The number of rotatable bonds is 3. The molecule has 0 saturated heterocycles. The van der Waals surface area contributed by atoms with E-state index in [0.717, 1.165) is 5.56 Å². The van der Waals surface area contributed by atoms with Gasteiger partial charge in [0.25, 0.3) is 0 Å². The molecule has 0 fully saturated rings. The Bertz CT molecular complexity index is 383. The van der Waals surface area contributed by atoms with Crippen LogP contribution in [0.1, 0.15) is 5.56 Å². The lowest BCUT2D eigenvalue weighted by molar-refractivity contribution is 0.313. The van der Waals surface area contributed by atoms with E-state index in [0.29, 0.717) is 11.4 Å². The molecule has 1 atom stereocenters. The largest absolute Gasteiger partial charge is 0.424 e. The molecule has 0 amide bonds. The van der Waals surface area contributed by atoms with Crippen molar-refractivity contribution in [1.82, 2.24) is 0 Å². The molecule has 1 aromatic rings. The van der Waals surface area contributed by atoms with Gasteiger partial charge in [0.15, 0.2) is 0 Å². The Labute approximate surface area is 87.9 Å². The van der Waals surface area contributed by atoms with Gasteiger partial charge in [0.2, 0.25) is 0 Å². The highest BCUT2D eigenvalue weighted by molar-refractivity contribution is 8.07. The van der Waals surface area contributed by atoms with Crippen molar-refractivity contribution in [2.45, 2.75) is 6.92 Å². The fraction of sp³-hybridized carbons (Fsp3) is 0.250. The highest BCUT2D eigenvalue weighted by Gasteiger charge is 2.14. The molecule has 0 aromatic heterocycles. The normalized spacial score (nSPS) is 14.8. The van der Waals surface area contributed by atoms with Crippen LogP contribution in [0.3, 0.4) is 0 Å². The van der Waals surface area contributed by atoms with Crippen LogP contribution in [0.5, 0.6) is 5.75 Å². The topological polar surface area (TPSA) is 64.7 Å². The molecule has 0 aliphatic heterocycles. The first-order chi connectivity index (χ1) is 6.44. The van der Waals surface area contributed by atoms with Gasteiger partial charge in [-0.05, 0) is 30.7 Å². The molecule has 14 heavy (non-hydrogen) atoms. The maximum Gasteiger partial charge on any atom is 0.377 e. The van der Waals surface area contributed by atoms with Crippen LogP contribution in [0, 0.1) is 6.92 Å². The Hall–Kier alpha value is -0.610. The minimum Gasteiger partial charge on any atom is -0.424 e. The Morgan fingerprint density at radius 1 is 1.50 bits per heavy atom. The highest BCUT2D eigenvalue weighted by Crippen LogP contribution is 2.43. The average Bonchev–Trinajstić information content (AvgIpc) is 2.11. The lowest BCUT2D eigenvalue weighted by Gasteiger charge is -2.14. The molecule has 0 radical (unpaired) electrons. The maximum absolute atomic E-state index is 9.39. The Morgan fingerprint density at radius 3 is 2.64 bits per heavy atom. The lowest BCUT2D eigenvalue weighted by atomic mass is 10.2. The first kappa shape index (κ1) is 11.5. The maximum atomic E-state index is 9.39. The summed E-state index contributed by atoms with van der Waals surface area (Å²) >= 11 is 4.69. The monoisotopic (exact) mass is 233 g/mol. The van der Waals surface area contributed by atoms with Crippen LogP contribution in [-0.2, 0) is 16.3 Å². The SMILES string of the molecule is COP(O)(=S)Oc1ccc(N)c(C)c1. The van der Waals surface area contributed by atoms with Gasteiger partial charge in [0.05, 0.1) is 0 Å². The fourth-order valence-corrected chi connectivity index (χ4v) is 1.59. The van der Waals surface area contributed by atoms with Crippen LogP contribution in [0.4, 0.5) is 5.69 Å². The van der Waals surface area contributed by atoms with Crippen molar-refractivity contribution in [2.24, 2.45) is 0 Å². The molecule has 0 aliphatic rings. The number of hydrogen-bond acceptors (Lipinski definition) is 4. The van der Waals surface area contributed by atoms with Gasteiger partial charge in [-0.2, -0.15) is 0 Å². The fourth-order valence-electron chi connectivity index (χ4n) is 0.875. The van der Waals surface area contributed by atoms with Crippen LogP contribution in [0.15, 0.2) is 18.2 Å². The molecule has 1 aromatic carbocycles. The minimum atomic E-state index is -3.14. The first-order valence-corrected chi connectivity index (χ1v) is 6.48. The van der Waals surface area contributed by atoms with Gasteiger partial charge >= 0.3 is 6.72 Å². The summed E-state index contributed by atoms with van der Waals surface area (Å²) in [7, 11) is 1.31. The third-order valence-electron chi connectivity index (χ3n) is 1.69. The van der Waals surface area contributed by atoms with Crippen molar-refractivity contribution >= 4 is 24.2 Å². The number of anilines is 1. The highest BCUT2D eigenvalue weighted by atomic mass is 32.5. The Balaban J connectivity index is 2.89.